The van der Waals surface area contributed by atoms with Crippen LogP contribution in [-0.4, -0.2) is 49.8 Å². The molecule has 0 atom stereocenters. The summed E-state index contributed by atoms with van der Waals surface area (Å²) in [6, 6.07) is 2.74. The van der Waals surface area contributed by atoms with Gasteiger partial charge in [-0.15, -0.1) is 11.8 Å². The molecule has 21 heavy (non-hydrogen) atoms. The highest BCUT2D eigenvalue weighted by Crippen LogP contribution is 2.40. The van der Waals surface area contributed by atoms with Crippen molar-refractivity contribution in [2.24, 2.45) is 0 Å². The molecule has 1 fully saturated rings. The molecule has 114 valence electrons. The molecule has 2 rings (SSSR count). The molecule has 0 bridgehead atoms. The SMILES string of the molecule is COc1cc(NC(=O)N2CSCC2=O)cc(OC)c1OC. The molecule has 1 aliphatic rings. The van der Waals surface area contributed by atoms with Crippen LogP contribution in [0, 0.1) is 0 Å². The zero-order valence-electron chi connectivity index (χ0n) is 12.0. The first-order valence-corrected chi connectivity index (χ1v) is 7.25. The highest BCUT2D eigenvalue weighted by atomic mass is 32.2. The van der Waals surface area contributed by atoms with E-state index in [0.29, 0.717) is 34.6 Å². The number of nitrogens with one attached hydrogen (secondary N) is 1. The number of amides is 3. The van der Waals surface area contributed by atoms with Gasteiger partial charge in [0, 0.05) is 12.1 Å². The molecule has 0 aromatic heterocycles. The summed E-state index contributed by atoms with van der Waals surface area (Å²) in [5.41, 5.74) is 0.458. The molecule has 1 heterocycles. The number of ether oxygens (including phenoxy) is 3. The molecule has 0 unspecified atom stereocenters. The van der Waals surface area contributed by atoms with E-state index in [1.165, 1.54) is 33.1 Å². The molecular weight excluding hydrogens is 296 g/mol. The van der Waals surface area contributed by atoms with Gasteiger partial charge in [-0.2, -0.15) is 0 Å². The molecule has 1 N–H and O–H groups in total. The Bertz CT molecular complexity index is 538. The number of anilines is 1. The maximum atomic E-state index is 12.0. The number of rotatable bonds is 4. The zero-order chi connectivity index (χ0) is 15.4. The number of carbonyl (C=O) groups is 2. The van der Waals surface area contributed by atoms with Crippen molar-refractivity contribution in [2.75, 3.05) is 38.3 Å². The lowest BCUT2D eigenvalue weighted by Crippen LogP contribution is -2.36. The Labute approximate surface area is 126 Å². The van der Waals surface area contributed by atoms with Crippen LogP contribution in [0.15, 0.2) is 12.1 Å². The van der Waals surface area contributed by atoms with Crippen molar-refractivity contribution in [3.8, 4) is 17.2 Å². The predicted molar refractivity (Wildman–Crippen MR) is 79.3 cm³/mol. The number of hydrogen-bond acceptors (Lipinski definition) is 6. The van der Waals surface area contributed by atoms with E-state index in [-0.39, 0.29) is 5.91 Å². The number of imide groups is 1. The van der Waals surface area contributed by atoms with E-state index in [2.05, 4.69) is 5.32 Å². The lowest BCUT2D eigenvalue weighted by molar-refractivity contribution is -0.123. The summed E-state index contributed by atoms with van der Waals surface area (Å²) in [5, 5.41) is 2.65. The molecule has 0 saturated carbocycles. The van der Waals surface area contributed by atoms with Gasteiger partial charge in [0.25, 0.3) is 0 Å². The van der Waals surface area contributed by atoms with E-state index in [9.17, 15) is 9.59 Å². The summed E-state index contributed by atoms with van der Waals surface area (Å²) in [4.78, 5) is 24.7. The fourth-order valence-corrected chi connectivity index (χ4v) is 2.76. The van der Waals surface area contributed by atoms with E-state index in [4.69, 9.17) is 14.2 Å². The minimum atomic E-state index is -0.473. The molecule has 1 saturated heterocycles. The molecule has 0 radical (unpaired) electrons. The fourth-order valence-electron chi connectivity index (χ4n) is 1.89. The first-order chi connectivity index (χ1) is 10.1. The van der Waals surface area contributed by atoms with Gasteiger partial charge in [-0.25, -0.2) is 4.79 Å². The van der Waals surface area contributed by atoms with Crippen LogP contribution in [0.1, 0.15) is 0 Å². The number of benzene rings is 1. The Morgan fingerprint density at radius 3 is 2.24 bits per heavy atom. The van der Waals surface area contributed by atoms with Gasteiger partial charge in [0.2, 0.25) is 11.7 Å². The minimum Gasteiger partial charge on any atom is -0.493 e. The van der Waals surface area contributed by atoms with Gasteiger partial charge >= 0.3 is 6.03 Å². The summed E-state index contributed by atoms with van der Waals surface area (Å²) < 4.78 is 15.6. The topological polar surface area (TPSA) is 77.1 Å². The number of hydrogen-bond donors (Lipinski definition) is 1. The van der Waals surface area contributed by atoms with Gasteiger partial charge in [0.15, 0.2) is 11.5 Å². The molecule has 0 aliphatic carbocycles. The quantitative estimate of drug-likeness (QED) is 0.913. The van der Waals surface area contributed by atoms with Crippen molar-refractivity contribution in [1.82, 2.24) is 4.90 Å². The van der Waals surface area contributed by atoms with Gasteiger partial charge in [-0.05, 0) is 0 Å². The molecule has 3 amide bonds. The Morgan fingerprint density at radius 1 is 1.19 bits per heavy atom. The van der Waals surface area contributed by atoms with Crippen LogP contribution < -0.4 is 19.5 Å². The highest BCUT2D eigenvalue weighted by Gasteiger charge is 2.27. The molecule has 8 heteroatoms. The monoisotopic (exact) mass is 312 g/mol. The summed E-state index contributed by atoms with van der Waals surface area (Å²) in [6.07, 6.45) is 0. The molecule has 1 aliphatic heterocycles. The maximum absolute atomic E-state index is 12.0. The van der Waals surface area contributed by atoms with Crippen LogP contribution >= 0.6 is 11.8 Å². The van der Waals surface area contributed by atoms with Gasteiger partial charge in [0.1, 0.15) is 0 Å². The average Bonchev–Trinajstić information content (AvgIpc) is 2.92. The van der Waals surface area contributed by atoms with Gasteiger partial charge < -0.3 is 19.5 Å². The molecule has 1 aromatic rings. The lowest BCUT2D eigenvalue weighted by Gasteiger charge is -2.17. The molecular formula is C13H16N2O5S. The highest BCUT2D eigenvalue weighted by molar-refractivity contribution is 8.00. The minimum absolute atomic E-state index is 0.204. The Balaban J connectivity index is 2.23. The average molecular weight is 312 g/mol. The Hall–Kier alpha value is -2.09. The Kier molecular flexibility index (Phi) is 4.79. The van der Waals surface area contributed by atoms with Crippen LogP contribution in [0.4, 0.5) is 10.5 Å². The van der Waals surface area contributed by atoms with Crippen molar-refractivity contribution in [2.45, 2.75) is 0 Å². The number of carbonyl (C=O) groups excluding carboxylic acids is 2. The van der Waals surface area contributed by atoms with Crippen LogP contribution in [-0.2, 0) is 4.79 Å². The molecule has 7 nitrogen and oxygen atoms in total. The second-order valence-corrected chi connectivity index (χ2v) is 5.10. The zero-order valence-corrected chi connectivity index (χ0v) is 12.8. The number of nitrogens with zero attached hydrogens (tertiary/aromatic N) is 1. The summed E-state index contributed by atoms with van der Waals surface area (Å²) in [6.45, 7) is 0. The predicted octanol–water partition coefficient (Wildman–Crippen LogP) is 1.78. The standard InChI is InChI=1S/C13H16N2O5S/c1-18-9-4-8(5-10(19-2)12(9)20-3)14-13(17)15-7-21-6-11(15)16/h4-5H,6-7H2,1-3H3,(H,14,17). The maximum Gasteiger partial charge on any atom is 0.329 e. The fraction of sp³-hybridized carbons (Fsp3) is 0.385. The first kappa shape index (κ1) is 15.3. The first-order valence-electron chi connectivity index (χ1n) is 6.09. The second-order valence-electron chi connectivity index (χ2n) is 4.14. The van der Waals surface area contributed by atoms with E-state index in [1.54, 1.807) is 12.1 Å². The second kappa shape index (κ2) is 6.57. The third-order valence-corrected chi connectivity index (χ3v) is 3.80. The molecule has 0 spiro atoms. The van der Waals surface area contributed by atoms with Crippen LogP contribution in [0.3, 0.4) is 0 Å². The van der Waals surface area contributed by atoms with Crippen molar-refractivity contribution < 1.29 is 23.8 Å². The van der Waals surface area contributed by atoms with Crippen molar-refractivity contribution in [3.05, 3.63) is 12.1 Å². The lowest BCUT2D eigenvalue weighted by atomic mass is 10.2. The largest absolute Gasteiger partial charge is 0.493 e. The van der Waals surface area contributed by atoms with Crippen LogP contribution in [0.2, 0.25) is 0 Å². The smallest absolute Gasteiger partial charge is 0.329 e. The van der Waals surface area contributed by atoms with Crippen molar-refractivity contribution in [1.29, 1.82) is 0 Å². The van der Waals surface area contributed by atoms with E-state index in [1.807, 2.05) is 0 Å². The van der Waals surface area contributed by atoms with Crippen molar-refractivity contribution >= 4 is 29.4 Å². The van der Waals surface area contributed by atoms with E-state index < -0.39 is 6.03 Å². The Morgan fingerprint density at radius 2 is 1.81 bits per heavy atom. The van der Waals surface area contributed by atoms with Gasteiger partial charge in [-0.1, -0.05) is 0 Å². The van der Waals surface area contributed by atoms with Crippen LogP contribution in [0.5, 0.6) is 17.2 Å². The van der Waals surface area contributed by atoms with Crippen LogP contribution in [0.25, 0.3) is 0 Å². The van der Waals surface area contributed by atoms with E-state index in [0.717, 1.165) is 4.90 Å². The summed E-state index contributed by atoms with van der Waals surface area (Å²) >= 11 is 1.40. The normalized spacial score (nSPS) is 14.0. The summed E-state index contributed by atoms with van der Waals surface area (Å²) in [7, 11) is 4.48. The van der Waals surface area contributed by atoms with Gasteiger partial charge in [-0.3, -0.25) is 9.69 Å². The van der Waals surface area contributed by atoms with E-state index >= 15 is 0 Å². The summed E-state index contributed by atoms with van der Waals surface area (Å²) in [5.74, 6) is 1.76. The van der Waals surface area contributed by atoms with Crippen molar-refractivity contribution in [3.63, 3.8) is 0 Å². The van der Waals surface area contributed by atoms with Gasteiger partial charge in [0.05, 0.1) is 38.6 Å². The number of thioether (sulfide) groups is 1. The molecule has 1 aromatic carbocycles. The number of urea groups is 1. The number of methoxy groups -OCH3 is 3. The third kappa shape index (κ3) is 3.15. The third-order valence-electron chi connectivity index (χ3n) is 2.91.